The van der Waals surface area contributed by atoms with E-state index in [2.05, 4.69) is 77.1 Å². The van der Waals surface area contributed by atoms with Crippen molar-refractivity contribution in [2.75, 3.05) is 0 Å². The van der Waals surface area contributed by atoms with Gasteiger partial charge in [-0.05, 0) is 49.3 Å². The molecule has 0 fully saturated rings. The molecule has 0 saturated heterocycles. The van der Waals surface area contributed by atoms with Crippen molar-refractivity contribution < 1.29 is 34.4 Å². The van der Waals surface area contributed by atoms with E-state index in [0.29, 0.717) is 5.92 Å². The van der Waals surface area contributed by atoms with E-state index < -0.39 is 0 Å². The average molecular weight is 683 g/mol. The minimum absolute atomic E-state index is 0. The van der Waals surface area contributed by atoms with E-state index in [0.717, 1.165) is 33.2 Å². The van der Waals surface area contributed by atoms with Gasteiger partial charge in [-0.3, -0.25) is 9.78 Å². The second-order valence-corrected chi connectivity index (χ2v) is 10.9. The van der Waals surface area contributed by atoms with Crippen molar-refractivity contribution in [2.45, 2.75) is 59.8 Å². The SMILES string of the molecule is CC(=O)/C=C(/C)O.Cc1ccc2[c-]c3c(cc2c1)C(C)(C)c1ccc(C(C)C)c2oc4ccnc-3c4c12.[Ir]. The van der Waals surface area contributed by atoms with Crippen molar-refractivity contribution in [3.05, 3.63) is 88.8 Å². The van der Waals surface area contributed by atoms with Crippen LogP contribution in [0.1, 0.15) is 69.7 Å². The Labute approximate surface area is 237 Å². The molecule has 197 valence electrons. The number of aliphatic hydroxyl groups excluding tert-OH is 1. The first-order chi connectivity index (χ1) is 17.5. The monoisotopic (exact) mass is 683 g/mol. The molecule has 1 aliphatic rings. The van der Waals surface area contributed by atoms with E-state index in [-0.39, 0.29) is 37.1 Å². The Bertz CT molecular complexity index is 1740. The molecule has 6 rings (SSSR count). The van der Waals surface area contributed by atoms with Gasteiger partial charge < -0.3 is 9.52 Å². The van der Waals surface area contributed by atoms with Crippen molar-refractivity contribution in [3.63, 3.8) is 0 Å². The zero-order valence-electron chi connectivity index (χ0n) is 22.8. The topological polar surface area (TPSA) is 63.3 Å². The second-order valence-electron chi connectivity index (χ2n) is 10.9. The molecule has 1 radical (unpaired) electrons. The number of carbonyl (C=O) groups is 1. The maximum atomic E-state index is 10.0. The number of ketones is 1. The Morgan fingerprint density at radius 2 is 1.79 bits per heavy atom. The summed E-state index contributed by atoms with van der Waals surface area (Å²) in [5.41, 5.74) is 8.88. The fourth-order valence-electron chi connectivity index (χ4n) is 5.47. The van der Waals surface area contributed by atoms with E-state index in [1.807, 2.05) is 12.3 Å². The Hall–Kier alpha value is -3.27. The predicted molar refractivity (Wildman–Crippen MR) is 151 cm³/mol. The quantitative estimate of drug-likeness (QED) is 0.115. The molecule has 4 nitrogen and oxygen atoms in total. The summed E-state index contributed by atoms with van der Waals surface area (Å²) in [7, 11) is 0. The third kappa shape index (κ3) is 4.59. The number of benzene rings is 3. The number of nitrogens with zero attached hydrogens (tertiary/aromatic N) is 1. The van der Waals surface area contributed by atoms with Crippen LogP contribution in [-0.2, 0) is 30.3 Å². The number of allylic oxidation sites excluding steroid dienone is 2. The van der Waals surface area contributed by atoms with Crippen LogP contribution in [0, 0.1) is 13.0 Å². The van der Waals surface area contributed by atoms with Crippen LogP contribution in [0.25, 0.3) is 44.0 Å². The number of furan rings is 1. The summed E-state index contributed by atoms with van der Waals surface area (Å²) in [6, 6.07) is 19.2. The van der Waals surface area contributed by atoms with E-state index in [4.69, 9.17) is 14.5 Å². The standard InChI is InChI=1S/C28H24NO.C5H8O2.Ir/c1-15(2)19-8-9-21-24-25-23(30-27(19)24)10-11-29-26(25)20-13-17-7-6-16(3)12-18(17)14-22(20)28(21,4)5;1-4(6)3-5(2)7;/h6-12,14-15H,1-5H3;3,6H,1-2H3;/q-1;;/b;4-3-;. The van der Waals surface area contributed by atoms with Gasteiger partial charge in [-0.2, -0.15) is 0 Å². The first-order valence-electron chi connectivity index (χ1n) is 12.7. The number of hydrogen-bond donors (Lipinski definition) is 1. The van der Waals surface area contributed by atoms with Gasteiger partial charge in [-0.15, -0.1) is 23.6 Å². The van der Waals surface area contributed by atoms with Crippen molar-refractivity contribution in [3.8, 4) is 11.3 Å². The zero-order chi connectivity index (χ0) is 26.6. The molecule has 0 saturated carbocycles. The smallest absolute Gasteiger partial charge is 0.155 e. The van der Waals surface area contributed by atoms with Crippen molar-refractivity contribution in [1.29, 1.82) is 0 Å². The van der Waals surface area contributed by atoms with E-state index in [9.17, 15) is 4.79 Å². The largest absolute Gasteiger partial charge is 0.512 e. The van der Waals surface area contributed by atoms with Crippen LogP contribution in [0.4, 0.5) is 0 Å². The molecule has 1 aliphatic carbocycles. The van der Waals surface area contributed by atoms with Gasteiger partial charge in [-0.25, -0.2) is 0 Å². The molecule has 2 heterocycles. The van der Waals surface area contributed by atoms with Gasteiger partial charge in [0.2, 0.25) is 0 Å². The molecular formula is C33H32IrNO3-. The predicted octanol–water partition coefficient (Wildman–Crippen LogP) is 8.71. The van der Waals surface area contributed by atoms with Crippen molar-refractivity contribution >= 4 is 38.5 Å². The van der Waals surface area contributed by atoms with Crippen LogP contribution in [0.5, 0.6) is 0 Å². The Balaban J connectivity index is 0.000000375. The summed E-state index contributed by atoms with van der Waals surface area (Å²) in [4.78, 5) is 14.9. The van der Waals surface area contributed by atoms with Crippen LogP contribution < -0.4 is 0 Å². The maximum absolute atomic E-state index is 10.0. The first-order valence-corrected chi connectivity index (χ1v) is 12.7. The van der Waals surface area contributed by atoms with Crippen LogP contribution >= 0.6 is 0 Å². The molecule has 3 aromatic carbocycles. The van der Waals surface area contributed by atoms with Gasteiger partial charge in [0.05, 0.1) is 5.76 Å². The van der Waals surface area contributed by atoms with Crippen molar-refractivity contribution in [1.82, 2.24) is 4.98 Å². The number of aromatic nitrogens is 1. The molecule has 1 N–H and O–H groups in total. The summed E-state index contributed by atoms with van der Waals surface area (Å²) >= 11 is 0. The van der Waals surface area contributed by atoms with Gasteiger partial charge in [0.1, 0.15) is 11.2 Å². The molecule has 2 aromatic heterocycles. The molecule has 0 amide bonds. The van der Waals surface area contributed by atoms with E-state index >= 15 is 0 Å². The Morgan fingerprint density at radius 3 is 2.42 bits per heavy atom. The number of fused-ring (bicyclic) bond motifs is 3. The Kier molecular flexibility index (Phi) is 7.40. The third-order valence-electron chi connectivity index (χ3n) is 7.22. The zero-order valence-corrected chi connectivity index (χ0v) is 25.2. The molecular weight excluding hydrogens is 651 g/mol. The van der Waals surface area contributed by atoms with Gasteiger partial charge >= 0.3 is 0 Å². The summed E-state index contributed by atoms with van der Waals surface area (Å²) in [5, 5.41) is 13.1. The first kappa shape index (κ1) is 27.8. The maximum Gasteiger partial charge on any atom is 0.155 e. The molecule has 0 bridgehead atoms. The second kappa shape index (κ2) is 10.1. The number of aryl methyl sites for hydroxylation is 1. The third-order valence-corrected chi connectivity index (χ3v) is 7.22. The average Bonchev–Trinajstić information content (AvgIpc) is 3.18. The summed E-state index contributed by atoms with van der Waals surface area (Å²) in [6.45, 7) is 14.1. The molecule has 0 unspecified atom stereocenters. The molecule has 0 atom stereocenters. The van der Waals surface area contributed by atoms with Gasteiger partial charge in [0, 0.05) is 48.8 Å². The molecule has 0 aliphatic heterocycles. The normalized spacial score (nSPS) is 13.7. The van der Waals surface area contributed by atoms with Gasteiger partial charge in [0.15, 0.2) is 5.78 Å². The molecule has 38 heavy (non-hydrogen) atoms. The molecule has 5 heteroatoms. The van der Waals surface area contributed by atoms with Crippen LogP contribution in [0.15, 0.2) is 64.9 Å². The number of carbonyl (C=O) groups excluding carboxylic acids is 1. The fraction of sp³-hybridized carbons (Fsp3) is 0.273. The Morgan fingerprint density at radius 1 is 1.05 bits per heavy atom. The number of pyridine rings is 1. The van der Waals surface area contributed by atoms with E-state index in [1.165, 1.54) is 52.9 Å². The minimum atomic E-state index is -0.199. The van der Waals surface area contributed by atoms with Crippen LogP contribution in [0.3, 0.4) is 0 Å². The summed E-state index contributed by atoms with van der Waals surface area (Å²) < 4.78 is 6.46. The number of aliphatic hydroxyl groups is 1. The van der Waals surface area contributed by atoms with E-state index in [1.54, 1.807) is 0 Å². The summed E-state index contributed by atoms with van der Waals surface area (Å²) in [6.07, 6.45) is 3.03. The fourth-order valence-corrected chi connectivity index (χ4v) is 5.47. The van der Waals surface area contributed by atoms with Crippen molar-refractivity contribution in [2.24, 2.45) is 0 Å². The molecule has 5 aromatic rings. The number of hydrogen-bond acceptors (Lipinski definition) is 4. The van der Waals surface area contributed by atoms with Crippen LogP contribution in [-0.4, -0.2) is 15.9 Å². The van der Waals surface area contributed by atoms with Gasteiger partial charge in [-0.1, -0.05) is 74.0 Å². The minimum Gasteiger partial charge on any atom is -0.512 e. The van der Waals surface area contributed by atoms with Crippen LogP contribution in [0.2, 0.25) is 0 Å². The summed E-state index contributed by atoms with van der Waals surface area (Å²) in [5.74, 6) is 0.328. The van der Waals surface area contributed by atoms with Gasteiger partial charge in [0.25, 0.3) is 0 Å². The molecule has 0 spiro atoms. The number of rotatable bonds is 2.